The van der Waals surface area contributed by atoms with Crippen molar-refractivity contribution in [1.82, 2.24) is 20.0 Å². The number of hydrogen-bond donors (Lipinski definition) is 1. The first-order valence-electron chi connectivity index (χ1n) is 11.2. The molecule has 0 unspecified atom stereocenters. The summed E-state index contributed by atoms with van der Waals surface area (Å²) in [5.74, 6) is 2.00. The second-order valence-corrected chi connectivity index (χ2v) is 8.59. The minimum atomic E-state index is 0.277. The molecule has 0 spiro atoms. The lowest BCUT2D eigenvalue weighted by Gasteiger charge is -2.37. The summed E-state index contributed by atoms with van der Waals surface area (Å²) in [6.07, 6.45) is 1.68. The Bertz CT molecular complexity index is 694. The highest BCUT2D eigenvalue weighted by atomic mass is 16.2. The van der Waals surface area contributed by atoms with Crippen LogP contribution in [0, 0.1) is 5.92 Å². The lowest BCUT2D eigenvalue weighted by Crippen LogP contribution is -2.53. The van der Waals surface area contributed by atoms with E-state index < -0.39 is 0 Å². The van der Waals surface area contributed by atoms with Gasteiger partial charge in [0, 0.05) is 58.8 Å². The summed E-state index contributed by atoms with van der Waals surface area (Å²) >= 11 is 0. The van der Waals surface area contributed by atoms with Gasteiger partial charge in [0.05, 0.1) is 6.54 Å². The Morgan fingerprint density at radius 3 is 2.55 bits per heavy atom. The molecule has 0 radical (unpaired) electrons. The molecule has 29 heavy (non-hydrogen) atoms. The van der Waals surface area contributed by atoms with Crippen molar-refractivity contribution in [2.24, 2.45) is 10.9 Å². The number of hydrogen-bond acceptors (Lipinski definition) is 3. The van der Waals surface area contributed by atoms with Crippen LogP contribution in [0.15, 0.2) is 29.3 Å². The van der Waals surface area contributed by atoms with Crippen molar-refractivity contribution in [2.75, 3.05) is 45.8 Å². The second-order valence-electron chi connectivity index (χ2n) is 8.59. The maximum absolute atomic E-state index is 11.9. The van der Waals surface area contributed by atoms with Crippen molar-refractivity contribution in [2.45, 2.75) is 46.7 Å². The van der Waals surface area contributed by atoms with Crippen LogP contribution in [0.1, 0.15) is 44.7 Å². The molecular formula is C23H37N5O. The molecule has 1 N–H and O–H groups in total. The van der Waals surface area contributed by atoms with Crippen LogP contribution in [0.3, 0.4) is 0 Å². The lowest BCUT2D eigenvalue weighted by atomic mass is 10.1. The quantitative estimate of drug-likeness (QED) is 0.566. The van der Waals surface area contributed by atoms with E-state index >= 15 is 0 Å². The first kappa shape index (κ1) is 21.6. The van der Waals surface area contributed by atoms with Gasteiger partial charge >= 0.3 is 0 Å². The first-order chi connectivity index (χ1) is 14.0. The number of likely N-dealkylation sites (tertiary alicyclic amines) is 1. The minimum Gasteiger partial charge on any atom is -0.357 e. The van der Waals surface area contributed by atoms with E-state index in [4.69, 9.17) is 4.99 Å². The van der Waals surface area contributed by atoms with E-state index in [0.29, 0.717) is 25.4 Å². The number of nitrogens with zero attached hydrogens (tertiary/aromatic N) is 4. The molecule has 2 aliphatic rings. The third-order valence-corrected chi connectivity index (χ3v) is 5.58. The standard InChI is InChI=1S/C23H37N5O/c1-4-24-23(27-13-11-26(12-14-27)17-19(2)3)25-16-20-7-5-8-21(15-20)18-28-10-6-9-22(28)29/h5,7-8,15,19H,4,6,9-14,16-18H2,1-3H3,(H,24,25). The van der Waals surface area contributed by atoms with Gasteiger partial charge in [0.25, 0.3) is 0 Å². The summed E-state index contributed by atoms with van der Waals surface area (Å²) < 4.78 is 0. The van der Waals surface area contributed by atoms with E-state index in [1.807, 2.05) is 4.90 Å². The SMILES string of the molecule is CCNC(=NCc1cccc(CN2CCCC2=O)c1)N1CCN(CC(C)C)CC1. The molecule has 160 valence electrons. The van der Waals surface area contributed by atoms with E-state index in [2.05, 4.69) is 60.2 Å². The highest BCUT2D eigenvalue weighted by Crippen LogP contribution is 2.16. The number of amides is 1. The van der Waals surface area contributed by atoms with Gasteiger partial charge < -0.3 is 15.1 Å². The molecule has 0 saturated carbocycles. The van der Waals surface area contributed by atoms with E-state index in [1.165, 1.54) is 17.7 Å². The molecule has 6 heteroatoms. The van der Waals surface area contributed by atoms with Crippen LogP contribution in [-0.4, -0.2) is 72.4 Å². The number of carbonyl (C=O) groups excluding carboxylic acids is 1. The Hall–Kier alpha value is -2.08. The average Bonchev–Trinajstić information content (AvgIpc) is 3.10. The van der Waals surface area contributed by atoms with Gasteiger partial charge in [-0.25, -0.2) is 4.99 Å². The van der Waals surface area contributed by atoms with Gasteiger partial charge in [0.1, 0.15) is 0 Å². The zero-order chi connectivity index (χ0) is 20.6. The predicted octanol–water partition coefficient (Wildman–Crippen LogP) is 2.55. The van der Waals surface area contributed by atoms with E-state index in [9.17, 15) is 4.79 Å². The molecule has 2 heterocycles. The van der Waals surface area contributed by atoms with Crippen molar-refractivity contribution >= 4 is 11.9 Å². The molecule has 2 aliphatic heterocycles. The number of aliphatic imine (C=N–C) groups is 1. The van der Waals surface area contributed by atoms with E-state index in [0.717, 1.165) is 51.6 Å². The monoisotopic (exact) mass is 399 g/mol. The van der Waals surface area contributed by atoms with Gasteiger partial charge in [-0.1, -0.05) is 38.1 Å². The summed E-state index contributed by atoms with van der Waals surface area (Å²) in [4.78, 5) is 23.7. The summed E-state index contributed by atoms with van der Waals surface area (Å²) in [5, 5.41) is 3.46. The molecule has 0 aromatic heterocycles. The number of benzene rings is 1. The molecule has 6 nitrogen and oxygen atoms in total. The Morgan fingerprint density at radius 1 is 1.14 bits per heavy atom. The molecule has 0 atom stereocenters. The Kier molecular flexibility index (Phi) is 7.92. The van der Waals surface area contributed by atoms with E-state index in [1.54, 1.807) is 0 Å². The van der Waals surface area contributed by atoms with Gasteiger partial charge in [-0.15, -0.1) is 0 Å². The van der Waals surface area contributed by atoms with Crippen molar-refractivity contribution in [1.29, 1.82) is 0 Å². The topological polar surface area (TPSA) is 51.2 Å². The highest BCUT2D eigenvalue weighted by molar-refractivity contribution is 5.80. The normalized spacial score (nSPS) is 18.8. The number of carbonyl (C=O) groups is 1. The van der Waals surface area contributed by atoms with Gasteiger partial charge in [-0.05, 0) is 30.4 Å². The van der Waals surface area contributed by atoms with Crippen LogP contribution in [0.25, 0.3) is 0 Å². The molecule has 1 aromatic carbocycles. The smallest absolute Gasteiger partial charge is 0.222 e. The zero-order valence-corrected chi connectivity index (χ0v) is 18.4. The van der Waals surface area contributed by atoms with Crippen molar-refractivity contribution in [3.8, 4) is 0 Å². The number of guanidine groups is 1. The summed E-state index contributed by atoms with van der Waals surface area (Å²) in [5.41, 5.74) is 2.39. The predicted molar refractivity (Wildman–Crippen MR) is 119 cm³/mol. The summed E-state index contributed by atoms with van der Waals surface area (Å²) in [6, 6.07) is 8.51. The molecule has 0 bridgehead atoms. The fourth-order valence-corrected chi connectivity index (χ4v) is 4.17. The van der Waals surface area contributed by atoms with Crippen LogP contribution in [0.2, 0.25) is 0 Å². The van der Waals surface area contributed by atoms with Gasteiger partial charge in [0.15, 0.2) is 5.96 Å². The fraction of sp³-hybridized carbons (Fsp3) is 0.652. The highest BCUT2D eigenvalue weighted by Gasteiger charge is 2.21. The minimum absolute atomic E-state index is 0.277. The molecule has 1 amide bonds. The van der Waals surface area contributed by atoms with Gasteiger partial charge in [0.2, 0.25) is 5.91 Å². The Morgan fingerprint density at radius 2 is 1.90 bits per heavy atom. The molecule has 3 rings (SSSR count). The zero-order valence-electron chi connectivity index (χ0n) is 18.4. The third kappa shape index (κ3) is 6.46. The number of nitrogens with one attached hydrogen (secondary N) is 1. The Labute approximate surface area is 176 Å². The van der Waals surface area contributed by atoms with Crippen LogP contribution in [0.5, 0.6) is 0 Å². The van der Waals surface area contributed by atoms with Crippen molar-refractivity contribution in [3.63, 3.8) is 0 Å². The van der Waals surface area contributed by atoms with Crippen LogP contribution >= 0.6 is 0 Å². The lowest BCUT2D eigenvalue weighted by molar-refractivity contribution is -0.128. The number of rotatable bonds is 7. The van der Waals surface area contributed by atoms with Crippen LogP contribution in [0.4, 0.5) is 0 Å². The molecular weight excluding hydrogens is 362 g/mol. The van der Waals surface area contributed by atoms with Gasteiger partial charge in [-0.2, -0.15) is 0 Å². The maximum atomic E-state index is 11.9. The average molecular weight is 400 g/mol. The number of piperazine rings is 1. The molecule has 1 aromatic rings. The molecule has 2 saturated heterocycles. The van der Waals surface area contributed by atoms with Gasteiger partial charge in [-0.3, -0.25) is 9.69 Å². The van der Waals surface area contributed by atoms with Crippen LogP contribution in [-0.2, 0) is 17.9 Å². The summed E-state index contributed by atoms with van der Waals surface area (Å²) in [6.45, 7) is 15.2. The maximum Gasteiger partial charge on any atom is 0.222 e. The largest absolute Gasteiger partial charge is 0.357 e. The first-order valence-corrected chi connectivity index (χ1v) is 11.2. The molecule has 2 fully saturated rings. The summed E-state index contributed by atoms with van der Waals surface area (Å²) in [7, 11) is 0. The van der Waals surface area contributed by atoms with Crippen LogP contribution < -0.4 is 5.32 Å². The van der Waals surface area contributed by atoms with E-state index in [-0.39, 0.29) is 5.91 Å². The second kappa shape index (κ2) is 10.6. The fourth-order valence-electron chi connectivity index (χ4n) is 4.17. The Balaban J connectivity index is 1.58. The molecule has 0 aliphatic carbocycles. The van der Waals surface area contributed by atoms with Crippen molar-refractivity contribution in [3.05, 3.63) is 35.4 Å². The van der Waals surface area contributed by atoms with Crippen molar-refractivity contribution < 1.29 is 4.79 Å². The third-order valence-electron chi connectivity index (χ3n) is 5.58.